The molecule has 1 saturated heterocycles. The van der Waals surface area contributed by atoms with E-state index in [1.165, 1.54) is 11.8 Å². The Balaban J connectivity index is 1.85. The Hall–Kier alpha value is -2.55. The first-order valence-electron chi connectivity index (χ1n) is 10.5. The van der Waals surface area contributed by atoms with Crippen molar-refractivity contribution in [2.24, 2.45) is 0 Å². The van der Waals surface area contributed by atoms with Gasteiger partial charge in [-0.2, -0.15) is 4.31 Å². The first-order valence-corrected chi connectivity index (χ1v) is 12.8. The lowest BCUT2D eigenvalue weighted by atomic mass is 10.1. The highest BCUT2D eigenvalue weighted by atomic mass is 32.2. The molecular formula is C24H26N2O4S2. The van der Waals surface area contributed by atoms with Gasteiger partial charge in [0.1, 0.15) is 6.54 Å². The van der Waals surface area contributed by atoms with Crippen LogP contribution in [0, 0.1) is 13.8 Å². The van der Waals surface area contributed by atoms with E-state index in [4.69, 9.17) is 0 Å². The van der Waals surface area contributed by atoms with Gasteiger partial charge in [-0.25, -0.2) is 8.42 Å². The Morgan fingerprint density at radius 1 is 0.969 bits per heavy atom. The first-order chi connectivity index (χ1) is 15.3. The van der Waals surface area contributed by atoms with E-state index in [1.54, 1.807) is 21.0 Å². The summed E-state index contributed by atoms with van der Waals surface area (Å²) in [6.07, 6.45) is 1.76. The number of carboxylic acid groups (broad SMARTS) is 1. The summed E-state index contributed by atoms with van der Waals surface area (Å²) in [5, 5.41) is 9.44. The molecule has 0 bridgehead atoms. The topological polar surface area (TPSA) is 79.6 Å². The number of carboxylic acids is 1. The molecule has 0 unspecified atom stereocenters. The standard InChI is InChI=1S/C24H26N2O4S2/c1-17-23(19-10-4-3-5-11-19)24(18(2)26(17)16-22(27)28)31-20-12-6-7-13-21(20)32(29,30)25-14-8-9-15-25/h3-7,10-13H,8-9,14-16H2,1-2H3,(H,27,28). The van der Waals surface area contributed by atoms with Crippen LogP contribution in [-0.4, -0.2) is 41.5 Å². The third-order valence-electron chi connectivity index (χ3n) is 5.83. The molecule has 1 fully saturated rings. The number of hydrogen-bond donors (Lipinski definition) is 1. The molecule has 0 spiro atoms. The molecule has 168 valence electrons. The van der Waals surface area contributed by atoms with E-state index in [-0.39, 0.29) is 6.54 Å². The highest BCUT2D eigenvalue weighted by molar-refractivity contribution is 8.00. The van der Waals surface area contributed by atoms with E-state index in [0.717, 1.165) is 40.3 Å². The molecule has 6 nitrogen and oxygen atoms in total. The maximum Gasteiger partial charge on any atom is 0.323 e. The highest BCUT2D eigenvalue weighted by Gasteiger charge is 2.30. The lowest BCUT2D eigenvalue weighted by Gasteiger charge is -2.18. The molecule has 0 radical (unpaired) electrons. The van der Waals surface area contributed by atoms with E-state index < -0.39 is 16.0 Å². The van der Waals surface area contributed by atoms with Gasteiger partial charge in [0, 0.05) is 39.8 Å². The minimum Gasteiger partial charge on any atom is -0.480 e. The molecule has 2 heterocycles. The minimum absolute atomic E-state index is 0.147. The summed E-state index contributed by atoms with van der Waals surface area (Å²) in [5.74, 6) is -0.917. The van der Waals surface area contributed by atoms with Crippen LogP contribution in [0.5, 0.6) is 0 Å². The molecule has 8 heteroatoms. The van der Waals surface area contributed by atoms with Gasteiger partial charge in [0.15, 0.2) is 0 Å². The fourth-order valence-electron chi connectivity index (χ4n) is 4.22. The average Bonchev–Trinajstić information content (AvgIpc) is 3.39. The maximum atomic E-state index is 13.3. The Kier molecular flexibility index (Phi) is 6.46. The van der Waals surface area contributed by atoms with Crippen LogP contribution in [0.25, 0.3) is 11.1 Å². The van der Waals surface area contributed by atoms with Gasteiger partial charge in [-0.15, -0.1) is 0 Å². The number of benzene rings is 2. The number of nitrogens with zero attached hydrogens (tertiary/aromatic N) is 2. The van der Waals surface area contributed by atoms with E-state index in [1.807, 2.05) is 56.3 Å². The number of sulfonamides is 1. The zero-order valence-corrected chi connectivity index (χ0v) is 19.7. The zero-order valence-electron chi connectivity index (χ0n) is 18.1. The van der Waals surface area contributed by atoms with Gasteiger partial charge < -0.3 is 9.67 Å². The van der Waals surface area contributed by atoms with Crippen LogP contribution in [0.2, 0.25) is 0 Å². The Morgan fingerprint density at radius 2 is 1.59 bits per heavy atom. The average molecular weight is 471 g/mol. The molecule has 1 N–H and O–H groups in total. The van der Waals surface area contributed by atoms with Gasteiger partial charge in [-0.1, -0.05) is 54.2 Å². The molecule has 1 aliphatic rings. The van der Waals surface area contributed by atoms with Crippen molar-refractivity contribution in [2.45, 2.75) is 47.9 Å². The van der Waals surface area contributed by atoms with Crippen LogP contribution in [0.15, 0.2) is 69.3 Å². The molecule has 0 aliphatic carbocycles. The van der Waals surface area contributed by atoms with Crippen molar-refractivity contribution < 1.29 is 18.3 Å². The third-order valence-corrected chi connectivity index (χ3v) is 9.19. The largest absolute Gasteiger partial charge is 0.480 e. The number of carbonyl (C=O) groups is 1. The maximum absolute atomic E-state index is 13.3. The summed E-state index contributed by atoms with van der Waals surface area (Å²) < 4.78 is 30.0. The first kappa shape index (κ1) is 22.6. The predicted molar refractivity (Wildman–Crippen MR) is 126 cm³/mol. The van der Waals surface area contributed by atoms with E-state index in [2.05, 4.69) is 0 Å². The summed E-state index contributed by atoms with van der Waals surface area (Å²) in [6.45, 7) is 4.75. The molecule has 0 amide bonds. The molecule has 1 aliphatic heterocycles. The van der Waals surface area contributed by atoms with Crippen molar-refractivity contribution in [2.75, 3.05) is 13.1 Å². The molecular weight excluding hydrogens is 444 g/mol. The molecule has 0 saturated carbocycles. The van der Waals surface area contributed by atoms with Crippen molar-refractivity contribution in [3.8, 4) is 11.1 Å². The van der Waals surface area contributed by atoms with Gasteiger partial charge in [0.2, 0.25) is 10.0 Å². The molecule has 2 aromatic carbocycles. The Morgan fingerprint density at radius 3 is 2.25 bits per heavy atom. The zero-order chi connectivity index (χ0) is 22.9. The third kappa shape index (κ3) is 4.22. The summed E-state index contributed by atoms with van der Waals surface area (Å²) in [6, 6.07) is 16.9. The summed E-state index contributed by atoms with van der Waals surface area (Å²) in [4.78, 5) is 13.3. The summed E-state index contributed by atoms with van der Waals surface area (Å²) >= 11 is 1.39. The molecule has 4 rings (SSSR count). The number of aliphatic carboxylic acids is 1. The Labute approximate surface area is 192 Å². The van der Waals surface area contributed by atoms with Gasteiger partial charge in [-0.3, -0.25) is 4.79 Å². The quantitative estimate of drug-likeness (QED) is 0.537. The normalized spacial score (nSPS) is 14.7. The predicted octanol–water partition coefficient (Wildman–Crippen LogP) is 4.79. The van der Waals surface area contributed by atoms with E-state index in [0.29, 0.717) is 22.9 Å². The van der Waals surface area contributed by atoms with Crippen molar-refractivity contribution >= 4 is 27.8 Å². The number of hydrogen-bond acceptors (Lipinski definition) is 4. The second kappa shape index (κ2) is 9.13. The highest BCUT2D eigenvalue weighted by Crippen LogP contribution is 2.44. The number of aromatic nitrogens is 1. The second-order valence-corrected chi connectivity index (χ2v) is 10.8. The molecule has 3 aromatic rings. The van der Waals surface area contributed by atoms with Crippen molar-refractivity contribution in [3.63, 3.8) is 0 Å². The van der Waals surface area contributed by atoms with Crippen molar-refractivity contribution in [1.82, 2.24) is 8.87 Å². The van der Waals surface area contributed by atoms with Gasteiger partial charge in [0.05, 0.1) is 4.90 Å². The molecule has 0 atom stereocenters. The van der Waals surface area contributed by atoms with Crippen LogP contribution in [0.1, 0.15) is 24.2 Å². The van der Waals surface area contributed by atoms with Crippen LogP contribution in [0.4, 0.5) is 0 Å². The SMILES string of the molecule is Cc1c(Sc2ccccc2S(=O)(=O)N2CCCC2)c(-c2ccccc2)c(C)n1CC(=O)O. The number of rotatable bonds is 7. The fourth-order valence-corrected chi connectivity index (χ4v) is 7.41. The van der Waals surface area contributed by atoms with Gasteiger partial charge in [0.25, 0.3) is 0 Å². The minimum atomic E-state index is -3.59. The van der Waals surface area contributed by atoms with Gasteiger partial charge >= 0.3 is 5.97 Å². The van der Waals surface area contributed by atoms with Gasteiger partial charge in [-0.05, 0) is 44.4 Å². The van der Waals surface area contributed by atoms with Crippen molar-refractivity contribution in [1.29, 1.82) is 0 Å². The van der Waals surface area contributed by atoms with Crippen LogP contribution in [0.3, 0.4) is 0 Å². The smallest absolute Gasteiger partial charge is 0.323 e. The van der Waals surface area contributed by atoms with Crippen LogP contribution in [-0.2, 0) is 21.4 Å². The van der Waals surface area contributed by atoms with E-state index >= 15 is 0 Å². The fraction of sp³-hybridized carbons (Fsp3) is 0.292. The van der Waals surface area contributed by atoms with Crippen LogP contribution >= 0.6 is 11.8 Å². The second-order valence-electron chi connectivity index (χ2n) is 7.88. The molecule has 1 aromatic heterocycles. The lowest BCUT2D eigenvalue weighted by molar-refractivity contribution is -0.137. The monoisotopic (exact) mass is 470 g/mol. The summed E-state index contributed by atoms with van der Waals surface area (Å²) in [5.41, 5.74) is 3.56. The van der Waals surface area contributed by atoms with Crippen molar-refractivity contribution in [3.05, 3.63) is 66.0 Å². The summed E-state index contributed by atoms with van der Waals surface area (Å²) in [7, 11) is -3.59. The van der Waals surface area contributed by atoms with E-state index in [9.17, 15) is 18.3 Å². The Bertz CT molecular complexity index is 1240. The van der Waals surface area contributed by atoms with Crippen LogP contribution < -0.4 is 0 Å². The lowest BCUT2D eigenvalue weighted by Crippen LogP contribution is -2.28. The molecule has 32 heavy (non-hydrogen) atoms.